The topological polar surface area (TPSA) is 0 Å². The van der Waals surface area contributed by atoms with Crippen LogP contribution in [0.4, 0.5) is 0 Å². The van der Waals surface area contributed by atoms with E-state index in [1.165, 1.54) is 98.2 Å². The van der Waals surface area contributed by atoms with Crippen LogP contribution in [0.1, 0.15) is 113 Å². The van der Waals surface area contributed by atoms with E-state index in [0.717, 1.165) is 24.7 Å². The van der Waals surface area contributed by atoms with E-state index in [1.807, 2.05) is 0 Å². The Bertz CT molecular complexity index is 752. The molecule has 0 nitrogen and oxygen atoms in total. The molecule has 1 fully saturated rings. The molecule has 1 aliphatic carbocycles. The number of halogens is 1. The lowest BCUT2D eigenvalue weighted by atomic mass is 9.77. The van der Waals surface area contributed by atoms with Gasteiger partial charge in [0.1, 0.15) is 0 Å². The Hall–Kier alpha value is -1.08. The highest BCUT2D eigenvalue weighted by Gasteiger charge is 2.22. The van der Waals surface area contributed by atoms with Crippen molar-refractivity contribution in [2.45, 2.75) is 110 Å². The zero-order valence-corrected chi connectivity index (χ0v) is 21.6. The lowest BCUT2D eigenvalue weighted by Crippen LogP contribution is -2.13. The summed E-state index contributed by atoms with van der Waals surface area (Å²) >= 11 is 3.89. The molecule has 0 saturated heterocycles. The highest BCUT2D eigenvalue weighted by molar-refractivity contribution is 9.10. The molecule has 0 spiro atoms. The molecule has 3 rings (SSSR count). The van der Waals surface area contributed by atoms with E-state index in [4.69, 9.17) is 0 Å². The van der Waals surface area contributed by atoms with Gasteiger partial charge in [0.25, 0.3) is 0 Å². The van der Waals surface area contributed by atoms with Crippen LogP contribution in [0.3, 0.4) is 0 Å². The molecule has 2 aromatic carbocycles. The molecule has 1 heteroatoms. The number of hydrogen-bond acceptors (Lipinski definition) is 0. The van der Waals surface area contributed by atoms with Gasteiger partial charge in [-0.3, -0.25) is 0 Å². The van der Waals surface area contributed by atoms with Gasteiger partial charge in [0, 0.05) is 4.47 Å². The van der Waals surface area contributed by atoms with Crippen molar-refractivity contribution < 1.29 is 0 Å². The number of rotatable bonds is 12. The largest absolute Gasteiger partial charge is 0.0654 e. The third kappa shape index (κ3) is 8.08. The van der Waals surface area contributed by atoms with Gasteiger partial charge >= 0.3 is 0 Å². The van der Waals surface area contributed by atoms with Gasteiger partial charge in [0.2, 0.25) is 0 Å². The number of benzene rings is 2. The average Bonchev–Trinajstić information content (AvgIpc) is 2.80. The molecule has 0 aliphatic heterocycles. The van der Waals surface area contributed by atoms with Crippen LogP contribution >= 0.6 is 15.9 Å². The first-order valence-corrected chi connectivity index (χ1v) is 13.8. The van der Waals surface area contributed by atoms with Crippen LogP contribution in [-0.4, -0.2) is 0 Å². The zero-order valence-electron chi connectivity index (χ0n) is 20.0. The lowest BCUT2D eigenvalue weighted by molar-refractivity contribution is 0.302. The fraction of sp³-hybridized carbons (Fsp3) is 0.600. The summed E-state index contributed by atoms with van der Waals surface area (Å²) < 4.78 is 1.31. The molecule has 1 aliphatic rings. The van der Waals surface area contributed by atoms with Crippen molar-refractivity contribution in [1.82, 2.24) is 0 Å². The number of hydrogen-bond donors (Lipinski definition) is 0. The third-order valence-electron chi connectivity index (χ3n) is 7.39. The minimum absolute atomic E-state index is 0.771. The summed E-state index contributed by atoms with van der Waals surface area (Å²) in [4.78, 5) is 0. The van der Waals surface area contributed by atoms with Crippen molar-refractivity contribution in [1.29, 1.82) is 0 Å². The van der Waals surface area contributed by atoms with Gasteiger partial charge in [-0.2, -0.15) is 0 Å². The van der Waals surface area contributed by atoms with Gasteiger partial charge in [-0.25, -0.2) is 0 Å². The maximum atomic E-state index is 3.89. The molecule has 31 heavy (non-hydrogen) atoms. The first-order chi connectivity index (χ1) is 15.2. The second kappa shape index (κ2) is 13.5. The molecule has 0 atom stereocenters. The van der Waals surface area contributed by atoms with Gasteiger partial charge in [-0.15, -0.1) is 0 Å². The fourth-order valence-corrected chi connectivity index (χ4v) is 5.81. The van der Waals surface area contributed by atoms with Crippen LogP contribution < -0.4 is 0 Å². The summed E-state index contributed by atoms with van der Waals surface area (Å²) in [6.07, 6.45) is 18.7. The van der Waals surface area contributed by atoms with Crippen molar-refractivity contribution in [2.75, 3.05) is 0 Å². The van der Waals surface area contributed by atoms with Gasteiger partial charge < -0.3 is 0 Å². The maximum Gasteiger partial charge on any atom is 0.0210 e. The monoisotopic (exact) mass is 482 g/mol. The molecule has 0 radical (unpaired) electrons. The molecule has 0 amide bonds. The first kappa shape index (κ1) is 24.6. The van der Waals surface area contributed by atoms with Gasteiger partial charge in [-0.05, 0) is 91.5 Å². The van der Waals surface area contributed by atoms with E-state index in [9.17, 15) is 0 Å². The highest BCUT2D eigenvalue weighted by atomic mass is 79.9. The van der Waals surface area contributed by atoms with Gasteiger partial charge in [0.05, 0.1) is 0 Å². The Morgan fingerprint density at radius 1 is 0.710 bits per heavy atom. The Labute approximate surface area is 200 Å². The Balaban J connectivity index is 1.46. The van der Waals surface area contributed by atoms with Crippen LogP contribution in [0.5, 0.6) is 0 Å². The minimum Gasteiger partial charge on any atom is -0.0654 e. The van der Waals surface area contributed by atoms with Crippen molar-refractivity contribution in [3.8, 4) is 0 Å². The van der Waals surface area contributed by atoms with Crippen LogP contribution in [-0.2, 0) is 19.3 Å². The molecule has 0 unspecified atom stereocenters. The zero-order chi connectivity index (χ0) is 21.9. The van der Waals surface area contributed by atoms with E-state index in [2.05, 4.69) is 72.2 Å². The lowest BCUT2D eigenvalue weighted by Gasteiger charge is -2.29. The second-order valence-electron chi connectivity index (χ2n) is 9.84. The third-order valence-corrected chi connectivity index (χ3v) is 8.12. The van der Waals surface area contributed by atoms with E-state index in [1.54, 1.807) is 5.56 Å². The summed E-state index contributed by atoms with van der Waals surface area (Å²) in [5.41, 5.74) is 5.95. The van der Waals surface area contributed by atoms with Crippen LogP contribution in [0.25, 0.3) is 0 Å². The van der Waals surface area contributed by atoms with Crippen LogP contribution in [0, 0.1) is 5.92 Å². The van der Waals surface area contributed by atoms with Crippen LogP contribution in [0.2, 0.25) is 0 Å². The number of aryl methyl sites for hydroxylation is 3. The normalized spacial score (nSPS) is 18.9. The summed E-state index contributed by atoms with van der Waals surface area (Å²) in [7, 11) is 0. The molecule has 0 heterocycles. The summed E-state index contributed by atoms with van der Waals surface area (Å²) in [5.74, 6) is 1.76. The molecule has 2 aromatic rings. The molecular formula is C30H43Br. The van der Waals surface area contributed by atoms with E-state index >= 15 is 0 Å². The van der Waals surface area contributed by atoms with Gasteiger partial charge in [-0.1, -0.05) is 105 Å². The fourth-order valence-electron chi connectivity index (χ4n) is 5.22. The predicted molar refractivity (Wildman–Crippen MR) is 140 cm³/mol. The molecule has 170 valence electrons. The summed E-state index contributed by atoms with van der Waals surface area (Å²) in [6, 6.07) is 16.6. The summed E-state index contributed by atoms with van der Waals surface area (Å²) in [5, 5.41) is 0. The van der Waals surface area contributed by atoms with E-state index in [-0.39, 0.29) is 0 Å². The standard InChI is InChI=1S/C30H43Br/c1-3-5-7-9-24-11-13-26(14-12-24)17-20-28-21-22-29(23-30(28)31)27-18-15-25(16-19-27)10-8-6-4-2/h11-14,21-23,25,27H,3-10,15-20H2,1-2H3. The van der Waals surface area contributed by atoms with E-state index < -0.39 is 0 Å². The summed E-state index contributed by atoms with van der Waals surface area (Å²) in [6.45, 7) is 4.58. The first-order valence-electron chi connectivity index (χ1n) is 13.1. The molecule has 0 bridgehead atoms. The maximum absolute atomic E-state index is 3.89. The highest BCUT2D eigenvalue weighted by Crippen LogP contribution is 2.39. The quantitative estimate of drug-likeness (QED) is 0.264. The van der Waals surface area contributed by atoms with E-state index in [0.29, 0.717) is 0 Å². The molecule has 0 N–H and O–H groups in total. The predicted octanol–water partition coefficient (Wildman–Crippen LogP) is 9.82. The Kier molecular flexibility index (Phi) is 10.7. The second-order valence-corrected chi connectivity index (χ2v) is 10.7. The Morgan fingerprint density at radius 2 is 1.35 bits per heavy atom. The smallest absolute Gasteiger partial charge is 0.0210 e. The number of unbranched alkanes of at least 4 members (excludes halogenated alkanes) is 4. The molecule has 1 saturated carbocycles. The van der Waals surface area contributed by atoms with Crippen molar-refractivity contribution in [2.24, 2.45) is 5.92 Å². The van der Waals surface area contributed by atoms with Crippen LogP contribution in [0.15, 0.2) is 46.9 Å². The molecule has 0 aromatic heterocycles. The van der Waals surface area contributed by atoms with Crippen molar-refractivity contribution >= 4 is 15.9 Å². The Morgan fingerprint density at radius 3 is 2.00 bits per heavy atom. The minimum atomic E-state index is 0.771. The molecular weight excluding hydrogens is 440 g/mol. The average molecular weight is 484 g/mol. The van der Waals surface area contributed by atoms with Crippen molar-refractivity contribution in [3.63, 3.8) is 0 Å². The SMILES string of the molecule is CCCCCc1ccc(CCc2ccc(C3CCC(CCCCC)CC3)cc2Br)cc1. The van der Waals surface area contributed by atoms with Crippen molar-refractivity contribution in [3.05, 3.63) is 69.2 Å². The van der Waals surface area contributed by atoms with Gasteiger partial charge in [0.15, 0.2) is 0 Å².